The van der Waals surface area contributed by atoms with Gasteiger partial charge in [-0.15, -0.1) is 0 Å². The van der Waals surface area contributed by atoms with Crippen LogP contribution < -0.4 is 10.1 Å². The molecule has 1 atom stereocenters. The van der Waals surface area contributed by atoms with Gasteiger partial charge in [0.2, 0.25) is 0 Å². The van der Waals surface area contributed by atoms with Gasteiger partial charge in [0, 0.05) is 31.7 Å². The van der Waals surface area contributed by atoms with Gasteiger partial charge in [-0.2, -0.15) is 5.26 Å². The second-order valence-corrected chi connectivity index (χ2v) is 8.00. The molecule has 0 spiro atoms. The van der Waals surface area contributed by atoms with Crippen molar-refractivity contribution in [1.29, 1.82) is 5.26 Å². The second-order valence-electron chi connectivity index (χ2n) is 8.00. The standard InChI is InChI=1S/C26H29N3O2/c1-19-6-5-8-21(14-19)25(29-12-10-28-11-13-29)18-31-17-24-23-9-4-3-7-20(23)15-22(16-27)26(24)30-2/h3-9,14-15,25,28H,10-13,17-18H2,1-2H3. The van der Waals surface area contributed by atoms with Crippen LogP contribution in [0.4, 0.5) is 0 Å². The van der Waals surface area contributed by atoms with E-state index >= 15 is 0 Å². The number of ether oxygens (including phenoxy) is 2. The van der Waals surface area contributed by atoms with Crippen molar-refractivity contribution >= 4 is 10.8 Å². The first-order chi connectivity index (χ1) is 15.2. The molecule has 1 N–H and O–H groups in total. The lowest BCUT2D eigenvalue weighted by Gasteiger charge is -2.35. The molecule has 1 saturated heterocycles. The van der Waals surface area contributed by atoms with Gasteiger partial charge in [0.05, 0.1) is 31.9 Å². The highest BCUT2D eigenvalue weighted by molar-refractivity contribution is 5.89. The van der Waals surface area contributed by atoms with Crippen LogP contribution in [-0.2, 0) is 11.3 Å². The van der Waals surface area contributed by atoms with Gasteiger partial charge in [-0.1, -0.05) is 54.1 Å². The van der Waals surface area contributed by atoms with Crippen LogP contribution in [0.5, 0.6) is 5.75 Å². The summed E-state index contributed by atoms with van der Waals surface area (Å²) < 4.78 is 12.0. The normalized spacial score (nSPS) is 15.5. The summed E-state index contributed by atoms with van der Waals surface area (Å²) in [6.07, 6.45) is 0. The molecular formula is C26H29N3O2. The van der Waals surface area contributed by atoms with E-state index in [2.05, 4.69) is 53.5 Å². The fourth-order valence-electron chi connectivity index (χ4n) is 4.42. The highest BCUT2D eigenvalue weighted by atomic mass is 16.5. The second kappa shape index (κ2) is 9.93. The number of methoxy groups -OCH3 is 1. The highest BCUT2D eigenvalue weighted by Crippen LogP contribution is 2.33. The maximum atomic E-state index is 9.61. The van der Waals surface area contributed by atoms with Gasteiger partial charge >= 0.3 is 0 Å². The number of piperazine rings is 1. The van der Waals surface area contributed by atoms with Crippen LogP contribution in [0.3, 0.4) is 0 Å². The van der Waals surface area contributed by atoms with Crippen LogP contribution in [-0.4, -0.2) is 44.8 Å². The fourth-order valence-corrected chi connectivity index (χ4v) is 4.42. The van der Waals surface area contributed by atoms with Crippen LogP contribution in [0, 0.1) is 18.3 Å². The number of hydrogen-bond acceptors (Lipinski definition) is 5. The number of nitriles is 1. The molecule has 0 radical (unpaired) electrons. The van der Waals surface area contributed by atoms with E-state index in [9.17, 15) is 5.26 Å². The van der Waals surface area contributed by atoms with E-state index in [1.165, 1.54) is 11.1 Å². The Balaban J connectivity index is 1.60. The Kier molecular flexibility index (Phi) is 6.83. The minimum absolute atomic E-state index is 0.193. The van der Waals surface area contributed by atoms with Crippen molar-refractivity contribution < 1.29 is 9.47 Å². The van der Waals surface area contributed by atoms with E-state index in [0.717, 1.165) is 42.5 Å². The maximum Gasteiger partial charge on any atom is 0.142 e. The SMILES string of the molecule is COc1c(C#N)cc2ccccc2c1COCC(c1cccc(C)c1)N1CCNCC1. The van der Waals surface area contributed by atoms with Gasteiger partial charge < -0.3 is 14.8 Å². The summed E-state index contributed by atoms with van der Waals surface area (Å²) in [4.78, 5) is 2.49. The van der Waals surface area contributed by atoms with Crippen LogP contribution in [0.15, 0.2) is 54.6 Å². The zero-order valence-corrected chi connectivity index (χ0v) is 18.2. The third kappa shape index (κ3) is 4.72. The first-order valence-electron chi connectivity index (χ1n) is 10.8. The maximum absolute atomic E-state index is 9.61. The largest absolute Gasteiger partial charge is 0.495 e. The molecule has 3 aromatic carbocycles. The Hall–Kier alpha value is -2.91. The van der Waals surface area contributed by atoms with Crippen LogP contribution in [0.25, 0.3) is 10.8 Å². The zero-order chi connectivity index (χ0) is 21.6. The summed E-state index contributed by atoms with van der Waals surface area (Å²) in [5.41, 5.74) is 4.01. The highest BCUT2D eigenvalue weighted by Gasteiger charge is 2.23. The molecule has 0 bridgehead atoms. The first-order valence-corrected chi connectivity index (χ1v) is 10.8. The molecule has 160 valence electrons. The molecule has 31 heavy (non-hydrogen) atoms. The predicted molar refractivity (Wildman–Crippen MR) is 123 cm³/mol. The molecule has 0 aromatic heterocycles. The van der Waals surface area contributed by atoms with Crippen molar-refractivity contribution in [3.8, 4) is 11.8 Å². The Morgan fingerprint density at radius 3 is 2.65 bits per heavy atom. The topological polar surface area (TPSA) is 57.5 Å². The molecule has 4 rings (SSSR count). The summed E-state index contributed by atoms with van der Waals surface area (Å²) in [5, 5.41) is 15.1. The number of fused-ring (bicyclic) bond motifs is 1. The van der Waals surface area contributed by atoms with Gasteiger partial charge in [-0.05, 0) is 29.3 Å². The van der Waals surface area contributed by atoms with E-state index in [4.69, 9.17) is 9.47 Å². The lowest BCUT2D eigenvalue weighted by molar-refractivity contribution is 0.0439. The van der Waals surface area contributed by atoms with E-state index < -0.39 is 0 Å². The van der Waals surface area contributed by atoms with Crippen molar-refractivity contribution in [2.75, 3.05) is 39.9 Å². The monoisotopic (exact) mass is 415 g/mol. The molecule has 0 amide bonds. The molecular weight excluding hydrogens is 386 g/mol. The molecule has 5 nitrogen and oxygen atoms in total. The van der Waals surface area contributed by atoms with Crippen molar-refractivity contribution in [3.63, 3.8) is 0 Å². The summed E-state index contributed by atoms with van der Waals surface area (Å²) in [6, 6.07) is 21.1. The zero-order valence-electron chi connectivity index (χ0n) is 18.2. The Bertz CT molecular complexity index is 1080. The number of nitrogens with one attached hydrogen (secondary N) is 1. The Morgan fingerprint density at radius 1 is 1.10 bits per heavy atom. The molecule has 1 heterocycles. The lowest BCUT2D eigenvalue weighted by Crippen LogP contribution is -2.46. The van der Waals surface area contributed by atoms with Gasteiger partial charge in [0.15, 0.2) is 0 Å². The van der Waals surface area contributed by atoms with Gasteiger partial charge in [0.25, 0.3) is 0 Å². The third-order valence-electron chi connectivity index (χ3n) is 5.97. The Morgan fingerprint density at radius 2 is 1.90 bits per heavy atom. The van der Waals surface area contributed by atoms with Gasteiger partial charge in [-0.3, -0.25) is 4.90 Å². The molecule has 1 aliphatic rings. The van der Waals surface area contributed by atoms with Crippen LogP contribution >= 0.6 is 0 Å². The van der Waals surface area contributed by atoms with Gasteiger partial charge in [0.1, 0.15) is 11.8 Å². The molecule has 0 aliphatic carbocycles. The van der Waals surface area contributed by atoms with E-state index in [0.29, 0.717) is 24.5 Å². The molecule has 1 aliphatic heterocycles. The number of nitrogens with zero attached hydrogens (tertiary/aromatic N) is 2. The van der Waals surface area contributed by atoms with E-state index in [-0.39, 0.29) is 6.04 Å². The summed E-state index contributed by atoms with van der Waals surface area (Å²) in [6.45, 7) is 7.08. The molecule has 0 saturated carbocycles. The average molecular weight is 416 g/mol. The fraction of sp³-hybridized carbons (Fsp3) is 0.346. The first kappa shape index (κ1) is 21.3. The number of benzene rings is 3. The van der Waals surface area contributed by atoms with Crippen molar-refractivity contribution in [2.24, 2.45) is 0 Å². The minimum Gasteiger partial charge on any atom is -0.495 e. The average Bonchev–Trinajstić information content (AvgIpc) is 2.81. The molecule has 1 unspecified atom stereocenters. The van der Waals surface area contributed by atoms with Crippen LogP contribution in [0.2, 0.25) is 0 Å². The summed E-state index contributed by atoms with van der Waals surface area (Å²) in [5.74, 6) is 0.607. The Labute approximate surface area is 184 Å². The number of hydrogen-bond donors (Lipinski definition) is 1. The lowest BCUT2D eigenvalue weighted by atomic mass is 10.00. The quantitative estimate of drug-likeness (QED) is 0.627. The molecule has 5 heteroatoms. The van der Waals surface area contributed by atoms with Crippen molar-refractivity contribution in [2.45, 2.75) is 19.6 Å². The van der Waals surface area contributed by atoms with E-state index in [1.54, 1.807) is 7.11 Å². The summed E-state index contributed by atoms with van der Waals surface area (Å²) in [7, 11) is 1.62. The molecule has 1 fully saturated rings. The van der Waals surface area contributed by atoms with Crippen LogP contribution in [0.1, 0.15) is 28.3 Å². The van der Waals surface area contributed by atoms with E-state index in [1.807, 2.05) is 24.3 Å². The summed E-state index contributed by atoms with van der Waals surface area (Å²) >= 11 is 0. The van der Waals surface area contributed by atoms with Crippen molar-refractivity contribution in [1.82, 2.24) is 10.2 Å². The number of aryl methyl sites for hydroxylation is 1. The predicted octanol–water partition coefficient (Wildman–Crippen LogP) is 4.19. The minimum atomic E-state index is 0.193. The van der Waals surface area contributed by atoms with Crippen molar-refractivity contribution in [3.05, 3.63) is 76.9 Å². The third-order valence-corrected chi connectivity index (χ3v) is 5.97. The smallest absolute Gasteiger partial charge is 0.142 e. The molecule has 3 aromatic rings. The number of rotatable bonds is 7. The van der Waals surface area contributed by atoms with Gasteiger partial charge in [-0.25, -0.2) is 0 Å².